The molecule has 0 aliphatic heterocycles. The lowest BCUT2D eigenvalue weighted by Crippen LogP contribution is -2.37. The molecular weight excluding hydrogens is 212 g/mol. The van der Waals surface area contributed by atoms with Crippen LogP contribution >= 0.6 is 0 Å². The maximum Gasteiger partial charge on any atom is 0.129 e. The third-order valence-corrected chi connectivity index (χ3v) is 3.58. The smallest absolute Gasteiger partial charge is 0.129 e. The van der Waals surface area contributed by atoms with Crippen molar-refractivity contribution in [3.63, 3.8) is 0 Å². The summed E-state index contributed by atoms with van der Waals surface area (Å²) in [7, 11) is 0. The van der Waals surface area contributed by atoms with E-state index in [9.17, 15) is 0 Å². The molecule has 0 spiro atoms. The van der Waals surface area contributed by atoms with Gasteiger partial charge in [-0.25, -0.2) is 9.97 Å². The third kappa shape index (κ3) is 3.40. The van der Waals surface area contributed by atoms with Crippen LogP contribution in [0.1, 0.15) is 37.9 Å². The van der Waals surface area contributed by atoms with Crippen molar-refractivity contribution in [3.05, 3.63) is 18.1 Å². The maximum absolute atomic E-state index is 5.88. The van der Waals surface area contributed by atoms with Crippen LogP contribution < -0.4 is 11.1 Å². The van der Waals surface area contributed by atoms with E-state index in [0.29, 0.717) is 18.5 Å². The minimum Gasteiger partial charge on any atom is -0.366 e. The lowest BCUT2D eigenvalue weighted by atomic mass is 9.84. The zero-order valence-electron chi connectivity index (χ0n) is 10.5. The summed E-state index contributed by atoms with van der Waals surface area (Å²) in [6, 6.07) is 2.27. The highest BCUT2D eigenvalue weighted by atomic mass is 15.1. The van der Waals surface area contributed by atoms with Gasteiger partial charge in [0, 0.05) is 18.8 Å². The SMILES string of the molecule is Cc1nccc(NC(CN)C2CCCCC2)n1. The van der Waals surface area contributed by atoms with E-state index in [1.807, 2.05) is 13.0 Å². The van der Waals surface area contributed by atoms with Gasteiger partial charge in [-0.1, -0.05) is 19.3 Å². The molecule has 1 aromatic heterocycles. The van der Waals surface area contributed by atoms with Crippen LogP contribution in [0.3, 0.4) is 0 Å². The van der Waals surface area contributed by atoms with Crippen molar-refractivity contribution in [2.75, 3.05) is 11.9 Å². The molecule has 17 heavy (non-hydrogen) atoms. The monoisotopic (exact) mass is 234 g/mol. The Hall–Kier alpha value is -1.16. The fraction of sp³-hybridized carbons (Fsp3) is 0.692. The van der Waals surface area contributed by atoms with Gasteiger partial charge in [-0.3, -0.25) is 0 Å². The summed E-state index contributed by atoms with van der Waals surface area (Å²) in [5.41, 5.74) is 5.88. The highest BCUT2D eigenvalue weighted by Crippen LogP contribution is 2.27. The van der Waals surface area contributed by atoms with Gasteiger partial charge < -0.3 is 11.1 Å². The van der Waals surface area contributed by atoms with Crippen molar-refractivity contribution >= 4 is 5.82 Å². The molecule has 0 radical (unpaired) electrons. The van der Waals surface area contributed by atoms with Gasteiger partial charge >= 0.3 is 0 Å². The van der Waals surface area contributed by atoms with Crippen molar-refractivity contribution in [2.24, 2.45) is 11.7 Å². The molecule has 0 aromatic carbocycles. The molecule has 1 heterocycles. The number of anilines is 1. The molecule has 1 atom stereocenters. The predicted molar refractivity (Wildman–Crippen MR) is 69.8 cm³/mol. The van der Waals surface area contributed by atoms with Crippen molar-refractivity contribution < 1.29 is 0 Å². The van der Waals surface area contributed by atoms with E-state index >= 15 is 0 Å². The number of rotatable bonds is 4. The number of nitrogens with two attached hydrogens (primary N) is 1. The lowest BCUT2D eigenvalue weighted by Gasteiger charge is -2.30. The van der Waals surface area contributed by atoms with Crippen LogP contribution in [-0.2, 0) is 0 Å². The third-order valence-electron chi connectivity index (χ3n) is 3.58. The van der Waals surface area contributed by atoms with Crippen LogP contribution in [0.4, 0.5) is 5.82 Å². The van der Waals surface area contributed by atoms with Crippen molar-refractivity contribution in [1.82, 2.24) is 9.97 Å². The number of nitrogens with zero attached hydrogens (tertiary/aromatic N) is 2. The quantitative estimate of drug-likeness (QED) is 0.837. The average Bonchev–Trinajstić information content (AvgIpc) is 2.37. The molecule has 4 nitrogen and oxygen atoms in total. The van der Waals surface area contributed by atoms with Gasteiger partial charge in [0.05, 0.1) is 0 Å². The second-order valence-corrected chi connectivity index (χ2v) is 4.87. The predicted octanol–water partition coefficient (Wildman–Crippen LogP) is 2.10. The van der Waals surface area contributed by atoms with E-state index in [1.54, 1.807) is 6.20 Å². The first-order valence-corrected chi connectivity index (χ1v) is 6.56. The summed E-state index contributed by atoms with van der Waals surface area (Å²) in [6.07, 6.45) is 8.43. The highest BCUT2D eigenvalue weighted by Gasteiger charge is 2.22. The molecule has 0 saturated heterocycles. The standard InChI is InChI=1S/C13H22N4/c1-10-15-8-7-13(16-10)17-12(9-14)11-5-3-2-4-6-11/h7-8,11-12H,2-6,9,14H2,1H3,(H,15,16,17). The maximum atomic E-state index is 5.88. The summed E-state index contributed by atoms with van der Waals surface area (Å²) >= 11 is 0. The molecule has 0 amide bonds. The molecule has 0 bridgehead atoms. The summed E-state index contributed by atoms with van der Waals surface area (Å²) < 4.78 is 0. The van der Waals surface area contributed by atoms with Crippen molar-refractivity contribution in [1.29, 1.82) is 0 Å². The van der Waals surface area contributed by atoms with E-state index in [-0.39, 0.29) is 0 Å². The Morgan fingerprint density at radius 1 is 1.41 bits per heavy atom. The Balaban J connectivity index is 1.98. The summed E-state index contributed by atoms with van der Waals surface area (Å²) in [5, 5.41) is 3.46. The van der Waals surface area contributed by atoms with Gasteiger partial charge in [-0.2, -0.15) is 0 Å². The molecule has 2 rings (SSSR count). The Morgan fingerprint density at radius 2 is 2.18 bits per heavy atom. The topological polar surface area (TPSA) is 63.8 Å². The van der Waals surface area contributed by atoms with Crippen LogP contribution in [0, 0.1) is 12.8 Å². The van der Waals surface area contributed by atoms with E-state index in [4.69, 9.17) is 5.73 Å². The molecule has 94 valence electrons. The lowest BCUT2D eigenvalue weighted by molar-refractivity contribution is 0.320. The summed E-state index contributed by atoms with van der Waals surface area (Å²) in [4.78, 5) is 8.48. The molecule has 1 aliphatic carbocycles. The Morgan fingerprint density at radius 3 is 2.82 bits per heavy atom. The van der Waals surface area contributed by atoms with E-state index in [2.05, 4.69) is 15.3 Å². The molecule has 4 heteroatoms. The number of aromatic nitrogens is 2. The second-order valence-electron chi connectivity index (χ2n) is 4.87. The number of hydrogen-bond acceptors (Lipinski definition) is 4. The first kappa shape index (κ1) is 12.3. The van der Waals surface area contributed by atoms with Gasteiger partial charge in [0.25, 0.3) is 0 Å². The molecule has 1 unspecified atom stereocenters. The number of hydrogen-bond donors (Lipinski definition) is 2. The Kier molecular flexibility index (Phi) is 4.31. The molecule has 1 fully saturated rings. The van der Waals surface area contributed by atoms with Gasteiger partial charge in [0.15, 0.2) is 0 Å². The fourth-order valence-electron chi connectivity index (χ4n) is 2.63. The van der Waals surface area contributed by atoms with E-state index in [1.165, 1.54) is 32.1 Å². The van der Waals surface area contributed by atoms with Gasteiger partial charge in [0.2, 0.25) is 0 Å². The normalized spacial score (nSPS) is 18.9. The molecule has 1 aromatic rings. The number of aryl methyl sites for hydroxylation is 1. The Bertz CT molecular complexity index is 347. The summed E-state index contributed by atoms with van der Waals surface area (Å²) in [6.45, 7) is 2.58. The van der Waals surface area contributed by atoms with Gasteiger partial charge in [0.1, 0.15) is 11.6 Å². The van der Waals surface area contributed by atoms with Crippen LogP contribution in [0.5, 0.6) is 0 Å². The van der Waals surface area contributed by atoms with Crippen LogP contribution in [0.25, 0.3) is 0 Å². The molecule has 1 saturated carbocycles. The minimum absolute atomic E-state index is 0.351. The summed E-state index contributed by atoms with van der Waals surface area (Å²) in [5.74, 6) is 2.40. The zero-order valence-corrected chi connectivity index (χ0v) is 10.5. The van der Waals surface area contributed by atoms with Crippen molar-refractivity contribution in [2.45, 2.75) is 45.1 Å². The fourth-order valence-corrected chi connectivity index (χ4v) is 2.63. The number of nitrogens with one attached hydrogen (secondary N) is 1. The van der Waals surface area contributed by atoms with Gasteiger partial charge in [-0.05, 0) is 31.7 Å². The molecule has 1 aliphatic rings. The Labute approximate surface area is 103 Å². The molecular formula is C13H22N4. The van der Waals surface area contributed by atoms with E-state index in [0.717, 1.165) is 11.6 Å². The van der Waals surface area contributed by atoms with Crippen LogP contribution in [0.2, 0.25) is 0 Å². The average molecular weight is 234 g/mol. The largest absolute Gasteiger partial charge is 0.366 e. The second kappa shape index (κ2) is 5.96. The highest BCUT2D eigenvalue weighted by molar-refractivity contribution is 5.34. The van der Waals surface area contributed by atoms with Crippen LogP contribution in [-0.4, -0.2) is 22.6 Å². The van der Waals surface area contributed by atoms with Crippen LogP contribution in [0.15, 0.2) is 12.3 Å². The first-order valence-electron chi connectivity index (χ1n) is 6.56. The van der Waals surface area contributed by atoms with E-state index < -0.39 is 0 Å². The van der Waals surface area contributed by atoms with Gasteiger partial charge in [-0.15, -0.1) is 0 Å². The first-order chi connectivity index (χ1) is 8.29. The van der Waals surface area contributed by atoms with Crippen molar-refractivity contribution in [3.8, 4) is 0 Å². The molecule has 3 N–H and O–H groups in total. The zero-order chi connectivity index (χ0) is 12.1. The minimum atomic E-state index is 0.351.